The van der Waals surface area contributed by atoms with E-state index in [0.717, 1.165) is 40.5 Å². The molecule has 0 saturated heterocycles. The minimum atomic E-state index is -0.0441. The van der Waals surface area contributed by atoms with Crippen molar-refractivity contribution in [1.82, 2.24) is 15.3 Å². The minimum absolute atomic E-state index is 0.0441. The number of nitrogens with two attached hydrogens (primary N) is 1. The summed E-state index contributed by atoms with van der Waals surface area (Å²) in [6.07, 6.45) is 3.81. The molecule has 160 valence electrons. The standard InChI is InChI=1S/C26H24N4O2/c1-16-7-8-18(25(31)29-20-9-10-20)11-21(16)22-12-19-14-28-26(27)30-23(19)13-24(22)32-15-17-5-3-2-4-6-17/h2-8,11-14,20H,9-10,15H2,1H3,(H,29,31)(H2,27,28,30). The maximum absolute atomic E-state index is 12.7. The highest BCUT2D eigenvalue weighted by Crippen LogP contribution is 2.36. The second kappa shape index (κ2) is 8.30. The Hall–Kier alpha value is -3.93. The third-order valence-electron chi connectivity index (χ3n) is 5.64. The van der Waals surface area contributed by atoms with Gasteiger partial charge in [0.05, 0.1) is 5.52 Å². The molecule has 32 heavy (non-hydrogen) atoms. The van der Waals surface area contributed by atoms with Crippen LogP contribution in [-0.2, 0) is 6.61 Å². The van der Waals surface area contributed by atoms with E-state index in [1.807, 2.05) is 67.6 Å². The van der Waals surface area contributed by atoms with Crippen LogP contribution in [0.4, 0.5) is 5.95 Å². The zero-order chi connectivity index (χ0) is 22.1. The summed E-state index contributed by atoms with van der Waals surface area (Å²) in [5.74, 6) is 0.855. The third kappa shape index (κ3) is 4.25. The molecule has 0 spiro atoms. The third-order valence-corrected chi connectivity index (χ3v) is 5.64. The lowest BCUT2D eigenvalue weighted by molar-refractivity contribution is 0.0951. The first-order chi connectivity index (χ1) is 15.6. The Kier molecular flexibility index (Phi) is 5.19. The number of hydrogen-bond donors (Lipinski definition) is 2. The van der Waals surface area contributed by atoms with Gasteiger partial charge in [-0.2, -0.15) is 0 Å². The van der Waals surface area contributed by atoms with Crippen LogP contribution >= 0.6 is 0 Å². The Balaban J connectivity index is 1.58. The van der Waals surface area contributed by atoms with Crippen molar-refractivity contribution < 1.29 is 9.53 Å². The SMILES string of the molecule is Cc1ccc(C(=O)NC2CC2)cc1-c1cc2cnc(N)nc2cc1OCc1ccccc1. The molecule has 1 amide bonds. The molecular weight excluding hydrogens is 400 g/mol. The van der Waals surface area contributed by atoms with Gasteiger partial charge in [-0.15, -0.1) is 0 Å². The van der Waals surface area contributed by atoms with E-state index in [1.165, 1.54) is 0 Å². The molecule has 3 N–H and O–H groups in total. The summed E-state index contributed by atoms with van der Waals surface area (Å²) in [7, 11) is 0. The van der Waals surface area contributed by atoms with Crippen molar-refractivity contribution in [3.05, 3.63) is 83.6 Å². The van der Waals surface area contributed by atoms with E-state index in [0.29, 0.717) is 29.5 Å². The molecule has 1 fully saturated rings. The van der Waals surface area contributed by atoms with E-state index >= 15 is 0 Å². The van der Waals surface area contributed by atoms with Gasteiger partial charge in [-0.3, -0.25) is 4.79 Å². The lowest BCUT2D eigenvalue weighted by atomic mass is 9.96. The Morgan fingerprint density at radius 2 is 1.91 bits per heavy atom. The number of ether oxygens (including phenoxy) is 1. The zero-order valence-electron chi connectivity index (χ0n) is 17.8. The van der Waals surface area contributed by atoms with Gasteiger partial charge >= 0.3 is 0 Å². The lowest BCUT2D eigenvalue weighted by Crippen LogP contribution is -2.25. The largest absolute Gasteiger partial charge is 0.488 e. The summed E-state index contributed by atoms with van der Waals surface area (Å²) in [5, 5.41) is 3.92. The van der Waals surface area contributed by atoms with Gasteiger partial charge in [0.1, 0.15) is 12.4 Å². The molecule has 1 saturated carbocycles. The first-order valence-corrected chi connectivity index (χ1v) is 10.7. The highest BCUT2D eigenvalue weighted by molar-refractivity contribution is 5.97. The Bertz CT molecular complexity index is 1300. The van der Waals surface area contributed by atoms with Crippen molar-refractivity contribution in [3.8, 4) is 16.9 Å². The smallest absolute Gasteiger partial charge is 0.251 e. The molecule has 1 aliphatic carbocycles. The first-order valence-electron chi connectivity index (χ1n) is 10.7. The zero-order valence-corrected chi connectivity index (χ0v) is 17.8. The molecule has 3 aromatic carbocycles. The molecule has 0 aliphatic heterocycles. The van der Waals surface area contributed by atoms with Gasteiger partial charge in [0.2, 0.25) is 5.95 Å². The van der Waals surface area contributed by atoms with Crippen molar-refractivity contribution >= 4 is 22.8 Å². The van der Waals surface area contributed by atoms with E-state index in [4.69, 9.17) is 10.5 Å². The number of aromatic nitrogens is 2. The average molecular weight is 425 g/mol. The quantitative estimate of drug-likeness (QED) is 0.470. The average Bonchev–Trinajstić information content (AvgIpc) is 3.62. The highest BCUT2D eigenvalue weighted by Gasteiger charge is 2.24. The maximum atomic E-state index is 12.7. The molecule has 1 heterocycles. The van der Waals surface area contributed by atoms with E-state index in [-0.39, 0.29) is 11.9 Å². The summed E-state index contributed by atoms with van der Waals surface area (Å²) in [5.41, 5.74) is 11.1. The molecule has 0 atom stereocenters. The number of carbonyl (C=O) groups is 1. The number of nitrogens with zero attached hydrogens (tertiary/aromatic N) is 2. The van der Waals surface area contributed by atoms with Crippen molar-refractivity contribution in [3.63, 3.8) is 0 Å². The Morgan fingerprint density at radius 1 is 1.09 bits per heavy atom. The fourth-order valence-corrected chi connectivity index (χ4v) is 3.69. The molecule has 5 rings (SSSR count). The van der Waals surface area contributed by atoms with Crippen LogP contribution in [0.15, 0.2) is 66.9 Å². The number of hydrogen-bond acceptors (Lipinski definition) is 5. The topological polar surface area (TPSA) is 90.1 Å². The Morgan fingerprint density at radius 3 is 2.69 bits per heavy atom. The molecule has 0 unspecified atom stereocenters. The van der Waals surface area contributed by atoms with Crippen LogP contribution in [0, 0.1) is 6.92 Å². The predicted molar refractivity (Wildman–Crippen MR) is 125 cm³/mol. The summed E-state index contributed by atoms with van der Waals surface area (Å²) in [6, 6.07) is 20.0. The summed E-state index contributed by atoms with van der Waals surface area (Å²) >= 11 is 0. The lowest BCUT2D eigenvalue weighted by Gasteiger charge is -2.16. The number of benzene rings is 3. The number of carbonyl (C=O) groups excluding carboxylic acids is 1. The predicted octanol–water partition coefficient (Wildman–Crippen LogP) is 4.66. The maximum Gasteiger partial charge on any atom is 0.251 e. The number of rotatable bonds is 6. The highest BCUT2D eigenvalue weighted by atomic mass is 16.5. The van der Waals surface area contributed by atoms with Gasteiger partial charge < -0.3 is 15.8 Å². The van der Waals surface area contributed by atoms with Crippen LogP contribution in [0.5, 0.6) is 5.75 Å². The van der Waals surface area contributed by atoms with Crippen molar-refractivity contribution in [2.75, 3.05) is 5.73 Å². The van der Waals surface area contributed by atoms with Crippen LogP contribution in [0.1, 0.15) is 34.3 Å². The number of fused-ring (bicyclic) bond motifs is 1. The number of nitrogen functional groups attached to an aromatic ring is 1. The van der Waals surface area contributed by atoms with Gasteiger partial charge in [0.15, 0.2) is 0 Å². The van der Waals surface area contributed by atoms with Gasteiger partial charge in [-0.1, -0.05) is 36.4 Å². The van der Waals surface area contributed by atoms with Gasteiger partial charge in [0, 0.05) is 34.8 Å². The van der Waals surface area contributed by atoms with Crippen molar-refractivity contribution in [2.24, 2.45) is 0 Å². The normalized spacial score (nSPS) is 13.2. The van der Waals surface area contributed by atoms with Crippen LogP contribution in [-0.4, -0.2) is 21.9 Å². The molecule has 6 heteroatoms. The second-order valence-corrected chi connectivity index (χ2v) is 8.19. The summed E-state index contributed by atoms with van der Waals surface area (Å²) in [6.45, 7) is 2.45. The van der Waals surface area contributed by atoms with Gasteiger partial charge in [-0.05, 0) is 54.7 Å². The van der Waals surface area contributed by atoms with Crippen molar-refractivity contribution in [1.29, 1.82) is 0 Å². The first kappa shape index (κ1) is 20.0. The van der Waals surface area contributed by atoms with Gasteiger partial charge in [-0.25, -0.2) is 9.97 Å². The molecule has 6 nitrogen and oxygen atoms in total. The molecule has 1 aliphatic rings. The van der Waals surface area contributed by atoms with Crippen molar-refractivity contribution in [2.45, 2.75) is 32.4 Å². The summed E-state index contributed by atoms with van der Waals surface area (Å²) in [4.78, 5) is 21.2. The Labute approximate surface area is 186 Å². The van der Waals surface area contributed by atoms with Crippen LogP contribution < -0.4 is 15.8 Å². The molecule has 0 bridgehead atoms. The summed E-state index contributed by atoms with van der Waals surface area (Å²) < 4.78 is 6.25. The number of anilines is 1. The van der Waals surface area contributed by atoms with Crippen LogP contribution in [0.3, 0.4) is 0 Å². The number of aryl methyl sites for hydroxylation is 1. The van der Waals surface area contributed by atoms with E-state index in [9.17, 15) is 4.79 Å². The molecule has 0 radical (unpaired) electrons. The van der Waals surface area contributed by atoms with E-state index in [1.54, 1.807) is 6.20 Å². The fraction of sp³-hybridized carbons (Fsp3) is 0.192. The van der Waals surface area contributed by atoms with Crippen LogP contribution in [0.2, 0.25) is 0 Å². The van der Waals surface area contributed by atoms with E-state index in [2.05, 4.69) is 15.3 Å². The van der Waals surface area contributed by atoms with E-state index < -0.39 is 0 Å². The van der Waals surface area contributed by atoms with Crippen LogP contribution in [0.25, 0.3) is 22.0 Å². The fourth-order valence-electron chi connectivity index (χ4n) is 3.69. The number of amides is 1. The monoisotopic (exact) mass is 424 g/mol. The van der Waals surface area contributed by atoms with Gasteiger partial charge in [0.25, 0.3) is 5.91 Å². The second-order valence-electron chi connectivity index (χ2n) is 8.19. The molecule has 4 aromatic rings. The number of nitrogens with one attached hydrogen (secondary N) is 1. The molecule has 1 aromatic heterocycles. The molecular formula is C26H24N4O2. The minimum Gasteiger partial charge on any atom is -0.488 e.